The maximum Gasteiger partial charge on any atom is 0.418 e. The van der Waals surface area contributed by atoms with E-state index in [1.54, 1.807) is 10.7 Å². The number of rotatable bonds is 4. The minimum absolute atomic E-state index is 0.103. The lowest BCUT2D eigenvalue weighted by Crippen LogP contribution is -2.45. The first-order valence-corrected chi connectivity index (χ1v) is 14.6. The summed E-state index contributed by atoms with van der Waals surface area (Å²) in [5.74, 6) is 1.20. The van der Waals surface area contributed by atoms with Crippen molar-refractivity contribution in [2.75, 3.05) is 33.4 Å². The standard InChI is InChI=1S/C29H28F3N6OP/c1-21-26-28(38(34-21)23-13-7-4-8-14-23)33-27(22-11-5-3-6-12-22)36(2)40(26,37-17-19-39-20-18-37)35-25-16-10-9-15-24(25)29(30,31)32/h3-16H,17-20H2,1-2H3/t40-/m0/s1. The third-order valence-electron chi connectivity index (χ3n) is 7.11. The molecule has 1 fully saturated rings. The Morgan fingerprint density at radius 2 is 1.50 bits per heavy atom. The zero-order valence-electron chi connectivity index (χ0n) is 22.1. The van der Waals surface area contributed by atoms with Gasteiger partial charge in [0, 0.05) is 25.7 Å². The summed E-state index contributed by atoms with van der Waals surface area (Å²) in [5.41, 5.74) is 1.45. The average molecular weight is 565 g/mol. The van der Waals surface area contributed by atoms with Crippen LogP contribution in [0.3, 0.4) is 0 Å². The van der Waals surface area contributed by atoms with Gasteiger partial charge in [0.1, 0.15) is 5.84 Å². The summed E-state index contributed by atoms with van der Waals surface area (Å²) >= 11 is 0. The van der Waals surface area contributed by atoms with Gasteiger partial charge in [0.25, 0.3) is 0 Å². The van der Waals surface area contributed by atoms with Crippen LogP contribution >= 0.6 is 7.36 Å². The van der Waals surface area contributed by atoms with E-state index in [0.29, 0.717) is 43.7 Å². The molecule has 206 valence electrons. The van der Waals surface area contributed by atoms with E-state index in [9.17, 15) is 13.2 Å². The number of aromatic nitrogens is 2. The quantitative estimate of drug-likeness (QED) is 0.264. The lowest BCUT2D eigenvalue weighted by atomic mass is 10.2. The Bertz CT molecular complexity index is 1610. The van der Waals surface area contributed by atoms with Gasteiger partial charge in [0.15, 0.2) is 13.2 Å². The maximum absolute atomic E-state index is 14.3. The number of ether oxygens (including phenoxy) is 1. The number of hydrogen-bond acceptors (Lipinski definition) is 4. The lowest BCUT2D eigenvalue weighted by molar-refractivity contribution is -0.137. The van der Waals surface area contributed by atoms with Gasteiger partial charge in [-0.15, -0.1) is 0 Å². The first kappa shape index (κ1) is 26.5. The Balaban J connectivity index is 1.74. The number of aryl methyl sites for hydroxylation is 1. The summed E-state index contributed by atoms with van der Waals surface area (Å²) in [6.07, 6.45) is -4.56. The lowest BCUT2D eigenvalue weighted by Gasteiger charge is -2.46. The molecular formula is C29H28F3N6OP. The first-order valence-electron chi connectivity index (χ1n) is 13.0. The Kier molecular flexibility index (Phi) is 6.86. The maximum atomic E-state index is 14.3. The number of halogens is 3. The van der Waals surface area contributed by atoms with Crippen LogP contribution in [0.4, 0.5) is 24.7 Å². The van der Waals surface area contributed by atoms with Crippen LogP contribution in [0, 0.1) is 6.92 Å². The fraction of sp³-hybridized carbons (Fsp3) is 0.241. The van der Waals surface area contributed by atoms with Crippen molar-refractivity contribution in [3.63, 3.8) is 0 Å². The summed E-state index contributed by atoms with van der Waals surface area (Å²) in [5, 5.41) is 5.65. The molecule has 0 spiro atoms. The second-order valence-corrected chi connectivity index (χ2v) is 12.5. The number of para-hydroxylation sites is 1. The van der Waals surface area contributed by atoms with Crippen molar-refractivity contribution >= 4 is 30.0 Å². The van der Waals surface area contributed by atoms with Crippen molar-refractivity contribution in [2.45, 2.75) is 13.1 Å². The van der Waals surface area contributed by atoms with E-state index in [-0.39, 0.29) is 5.69 Å². The van der Waals surface area contributed by atoms with Crippen molar-refractivity contribution < 1.29 is 17.9 Å². The molecule has 1 saturated heterocycles. The van der Waals surface area contributed by atoms with Crippen LogP contribution in [0.15, 0.2) is 94.7 Å². The SMILES string of the molecule is Cc1nn(-c2ccccc2)c2c1[P@@](=Nc1ccccc1C(F)(F)F)(N1CCOCC1)N(C)C(c1ccccc1)=N2. The normalized spacial score (nSPS) is 19.7. The number of aliphatic imine (C=N–C) groups is 1. The minimum Gasteiger partial charge on any atom is -0.379 e. The van der Waals surface area contributed by atoms with Gasteiger partial charge < -0.3 is 9.41 Å². The van der Waals surface area contributed by atoms with E-state index < -0.39 is 19.1 Å². The van der Waals surface area contributed by atoms with E-state index in [0.717, 1.165) is 22.6 Å². The number of nitrogens with zero attached hydrogens (tertiary/aromatic N) is 6. The molecule has 40 heavy (non-hydrogen) atoms. The second-order valence-electron chi connectivity index (χ2n) is 9.58. The highest BCUT2D eigenvalue weighted by atomic mass is 31.2. The Labute approximate surface area is 230 Å². The molecule has 4 aromatic rings. The van der Waals surface area contributed by atoms with Gasteiger partial charge in [-0.1, -0.05) is 60.7 Å². The van der Waals surface area contributed by atoms with Gasteiger partial charge in [-0.3, -0.25) is 0 Å². The van der Waals surface area contributed by atoms with Crippen LogP contribution in [-0.4, -0.2) is 58.3 Å². The number of amidine groups is 1. The first-order chi connectivity index (χ1) is 19.3. The van der Waals surface area contributed by atoms with Crippen molar-refractivity contribution in [2.24, 2.45) is 9.74 Å². The van der Waals surface area contributed by atoms with Gasteiger partial charge in [0.05, 0.1) is 41.2 Å². The molecule has 1 atom stereocenters. The average Bonchev–Trinajstić information content (AvgIpc) is 3.31. The van der Waals surface area contributed by atoms with Crippen LogP contribution in [0.5, 0.6) is 0 Å². The van der Waals surface area contributed by atoms with E-state index in [1.165, 1.54) is 12.1 Å². The molecule has 0 unspecified atom stereocenters. The van der Waals surface area contributed by atoms with Crippen LogP contribution in [0.25, 0.3) is 5.69 Å². The summed E-state index contributed by atoms with van der Waals surface area (Å²) in [6, 6.07) is 24.8. The molecule has 0 aliphatic carbocycles. The number of benzene rings is 3. The van der Waals surface area contributed by atoms with E-state index >= 15 is 0 Å². The molecule has 3 aromatic carbocycles. The topological polar surface area (TPSA) is 58.3 Å². The Morgan fingerprint density at radius 3 is 2.17 bits per heavy atom. The van der Waals surface area contributed by atoms with Gasteiger partial charge in [-0.2, -0.15) is 18.3 Å². The minimum atomic E-state index is -4.56. The number of hydrogen-bond donors (Lipinski definition) is 0. The highest BCUT2D eigenvalue weighted by Crippen LogP contribution is 2.62. The van der Waals surface area contributed by atoms with Crippen LogP contribution in [-0.2, 0) is 10.9 Å². The summed E-state index contributed by atoms with van der Waals surface area (Å²) < 4.78 is 59.6. The summed E-state index contributed by atoms with van der Waals surface area (Å²) in [4.78, 5) is 5.13. The number of morpholine rings is 1. The molecule has 2 aliphatic heterocycles. The number of alkyl halides is 3. The fourth-order valence-electron chi connectivity index (χ4n) is 5.30. The van der Waals surface area contributed by atoms with Gasteiger partial charge >= 0.3 is 6.18 Å². The summed E-state index contributed by atoms with van der Waals surface area (Å²) in [6.45, 7) is 3.80. The highest BCUT2D eigenvalue weighted by Gasteiger charge is 2.46. The molecule has 1 aromatic heterocycles. The van der Waals surface area contributed by atoms with Crippen LogP contribution < -0.4 is 5.30 Å². The van der Waals surface area contributed by atoms with Crippen molar-refractivity contribution in [1.82, 2.24) is 19.1 Å². The van der Waals surface area contributed by atoms with E-state index in [4.69, 9.17) is 19.6 Å². The molecule has 0 amide bonds. The zero-order valence-corrected chi connectivity index (χ0v) is 23.0. The second kappa shape index (κ2) is 10.4. The van der Waals surface area contributed by atoms with Gasteiger partial charge in [-0.25, -0.2) is 19.1 Å². The molecule has 2 aliphatic rings. The van der Waals surface area contributed by atoms with Crippen molar-refractivity contribution in [1.29, 1.82) is 0 Å². The predicted octanol–water partition coefficient (Wildman–Crippen LogP) is 6.54. The van der Waals surface area contributed by atoms with Crippen molar-refractivity contribution in [3.05, 3.63) is 102 Å². The molecule has 6 rings (SSSR count). The molecule has 0 N–H and O–H groups in total. The van der Waals surface area contributed by atoms with Crippen LogP contribution in [0.1, 0.15) is 16.8 Å². The monoisotopic (exact) mass is 564 g/mol. The third-order valence-corrected chi connectivity index (χ3v) is 10.9. The van der Waals surface area contributed by atoms with Crippen LogP contribution in [0.2, 0.25) is 0 Å². The zero-order chi connectivity index (χ0) is 27.9. The predicted molar refractivity (Wildman–Crippen MR) is 151 cm³/mol. The van der Waals surface area contributed by atoms with E-state index in [2.05, 4.69) is 4.67 Å². The van der Waals surface area contributed by atoms with Crippen molar-refractivity contribution in [3.8, 4) is 5.69 Å². The smallest absolute Gasteiger partial charge is 0.379 e. The highest BCUT2D eigenvalue weighted by molar-refractivity contribution is 7.70. The Hall–Kier alpha value is -3.72. The fourth-order valence-corrected chi connectivity index (χ4v) is 9.13. The molecule has 3 heterocycles. The largest absolute Gasteiger partial charge is 0.418 e. The van der Waals surface area contributed by atoms with Gasteiger partial charge in [0.2, 0.25) is 0 Å². The molecule has 0 radical (unpaired) electrons. The molecule has 0 saturated carbocycles. The molecular weight excluding hydrogens is 536 g/mol. The molecule has 0 bridgehead atoms. The molecule has 7 nitrogen and oxygen atoms in total. The number of fused-ring (bicyclic) bond motifs is 1. The van der Waals surface area contributed by atoms with E-state index in [1.807, 2.05) is 79.3 Å². The molecule has 11 heteroatoms. The third kappa shape index (κ3) is 4.46. The Morgan fingerprint density at radius 1 is 0.875 bits per heavy atom. The summed E-state index contributed by atoms with van der Waals surface area (Å²) in [7, 11) is -1.24. The van der Waals surface area contributed by atoms with Gasteiger partial charge in [-0.05, 0) is 31.2 Å².